The van der Waals surface area contributed by atoms with Crippen molar-refractivity contribution in [3.05, 3.63) is 0 Å². The Morgan fingerprint density at radius 1 is 1.31 bits per heavy atom. The van der Waals surface area contributed by atoms with Crippen LogP contribution in [0.2, 0.25) is 0 Å². The van der Waals surface area contributed by atoms with Crippen molar-refractivity contribution >= 4 is 0 Å². The summed E-state index contributed by atoms with van der Waals surface area (Å²) in [6.07, 6.45) is 3.95. The van der Waals surface area contributed by atoms with E-state index in [-0.39, 0.29) is 0 Å². The first-order valence-electron chi connectivity index (χ1n) is 6.86. The Bertz CT molecular complexity index is 196. The Morgan fingerprint density at radius 2 is 2.06 bits per heavy atom. The van der Waals surface area contributed by atoms with Crippen molar-refractivity contribution in [2.45, 2.75) is 45.2 Å². The van der Waals surface area contributed by atoms with Crippen LogP contribution in [-0.4, -0.2) is 49.8 Å². The van der Waals surface area contributed by atoms with Gasteiger partial charge in [0.25, 0.3) is 0 Å². The molecule has 2 heterocycles. The summed E-state index contributed by atoms with van der Waals surface area (Å²) in [5.41, 5.74) is 0. The number of piperidine rings is 1. The number of hydrogen-bond donors (Lipinski definition) is 1. The van der Waals surface area contributed by atoms with Crippen LogP contribution in [0.3, 0.4) is 0 Å². The van der Waals surface area contributed by atoms with E-state index in [1.54, 1.807) is 0 Å². The lowest BCUT2D eigenvalue weighted by Crippen LogP contribution is -2.45. The minimum Gasteiger partial charge on any atom is -0.380 e. The van der Waals surface area contributed by atoms with Crippen LogP contribution in [0, 0.1) is 5.92 Å². The third-order valence-corrected chi connectivity index (χ3v) is 4.23. The minimum absolute atomic E-state index is 0.687. The fourth-order valence-corrected chi connectivity index (χ4v) is 3.08. The molecule has 3 heteroatoms. The molecule has 94 valence electrons. The van der Waals surface area contributed by atoms with Crippen molar-refractivity contribution in [3.63, 3.8) is 0 Å². The molecule has 0 aromatic heterocycles. The second-order valence-corrected chi connectivity index (χ2v) is 5.24. The Balaban J connectivity index is 1.73. The van der Waals surface area contributed by atoms with Crippen LogP contribution in [0.25, 0.3) is 0 Å². The van der Waals surface area contributed by atoms with Gasteiger partial charge in [-0.25, -0.2) is 0 Å². The highest BCUT2D eigenvalue weighted by atomic mass is 16.5. The summed E-state index contributed by atoms with van der Waals surface area (Å²) in [5, 5.41) is 3.56. The molecule has 0 aromatic rings. The van der Waals surface area contributed by atoms with Gasteiger partial charge in [0.1, 0.15) is 0 Å². The number of rotatable bonds is 4. The van der Waals surface area contributed by atoms with Crippen molar-refractivity contribution in [2.24, 2.45) is 5.92 Å². The molecular weight excluding hydrogens is 200 g/mol. The first-order valence-corrected chi connectivity index (χ1v) is 6.86. The molecule has 2 atom stereocenters. The molecule has 2 aliphatic rings. The molecule has 2 unspecified atom stereocenters. The molecule has 2 aliphatic heterocycles. The molecule has 3 nitrogen and oxygen atoms in total. The number of likely N-dealkylation sites (tertiary alicyclic amines) is 1. The molecule has 0 spiro atoms. The summed E-state index contributed by atoms with van der Waals surface area (Å²) in [6.45, 7) is 10.1. The Hall–Kier alpha value is -0.120. The van der Waals surface area contributed by atoms with E-state index in [4.69, 9.17) is 4.74 Å². The van der Waals surface area contributed by atoms with Gasteiger partial charge in [-0.2, -0.15) is 0 Å². The van der Waals surface area contributed by atoms with E-state index in [1.807, 2.05) is 0 Å². The summed E-state index contributed by atoms with van der Waals surface area (Å²) in [5.74, 6) is 0.874. The van der Waals surface area contributed by atoms with Gasteiger partial charge >= 0.3 is 0 Å². The van der Waals surface area contributed by atoms with Crippen molar-refractivity contribution in [1.29, 1.82) is 0 Å². The smallest absolute Gasteiger partial charge is 0.0622 e. The average molecular weight is 226 g/mol. The van der Waals surface area contributed by atoms with Crippen LogP contribution in [0.1, 0.15) is 33.1 Å². The van der Waals surface area contributed by atoms with Crippen molar-refractivity contribution in [2.75, 3.05) is 32.8 Å². The van der Waals surface area contributed by atoms with Gasteiger partial charge in [0.05, 0.1) is 6.61 Å². The van der Waals surface area contributed by atoms with Gasteiger partial charge in [0, 0.05) is 18.7 Å². The quantitative estimate of drug-likeness (QED) is 0.786. The van der Waals surface area contributed by atoms with E-state index in [2.05, 4.69) is 24.1 Å². The number of ether oxygens (including phenoxy) is 1. The SMILES string of the molecule is CCNC(C)C1CCN(C2CCOC2)CC1. The zero-order valence-corrected chi connectivity index (χ0v) is 10.7. The van der Waals surface area contributed by atoms with E-state index in [1.165, 1.54) is 32.4 Å². The van der Waals surface area contributed by atoms with Gasteiger partial charge in [0.15, 0.2) is 0 Å². The summed E-state index contributed by atoms with van der Waals surface area (Å²) < 4.78 is 5.47. The van der Waals surface area contributed by atoms with Crippen LogP contribution in [-0.2, 0) is 4.74 Å². The zero-order valence-electron chi connectivity index (χ0n) is 10.7. The van der Waals surface area contributed by atoms with Gasteiger partial charge < -0.3 is 10.1 Å². The van der Waals surface area contributed by atoms with Crippen LogP contribution < -0.4 is 5.32 Å². The lowest BCUT2D eigenvalue weighted by atomic mass is 9.89. The highest BCUT2D eigenvalue weighted by molar-refractivity contribution is 4.84. The maximum atomic E-state index is 5.47. The van der Waals surface area contributed by atoms with Gasteiger partial charge in [0.2, 0.25) is 0 Å². The van der Waals surface area contributed by atoms with E-state index in [0.29, 0.717) is 6.04 Å². The number of nitrogens with one attached hydrogen (secondary N) is 1. The average Bonchev–Trinajstić information content (AvgIpc) is 2.83. The fraction of sp³-hybridized carbons (Fsp3) is 1.00. The molecule has 0 aromatic carbocycles. The third-order valence-electron chi connectivity index (χ3n) is 4.23. The molecule has 0 amide bonds. The predicted octanol–water partition coefficient (Wildman–Crippen LogP) is 1.49. The molecule has 2 fully saturated rings. The monoisotopic (exact) mass is 226 g/mol. The second kappa shape index (κ2) is 5.99. The summed E-state index contributed by atoms with van der Waals surface area (Å²) >= 11 is 0. The second-order valence-electron chi connectivity index (χ2n) is 5.24. The predicted molar refractivity (Wildman–Crippen MR) is 66.7 cm³/mol. The Morgan fingerprint density at radius 3 is 2.62 bits per heavy atom. The number of nitrogens with zero attached hydrogens (tertiary/aromatic N) is 1. The van der Waals surface area contributed by atoms with Gasteiger partial charge in [-0.15, -0.1) is 0 Å². The van der Waals surface area contributed by atoms with E-state index in [0.717, 1.165) is 31.7 Å². The highest BCUT2D eigenvalue weighted by Crippen LogP contribution is 2.24. The van der Waals surface area contributed by atoms with Crippen LogP contribution in [0.4, 0.5) is 0 Å². The van der Waals surface area contributed by atoms with Crippen molar-refractivity contribution in [1.82, 2.24) is 10.2 Å². The molecule has 16 heavy (non-hydrogen) atoms. The van der Waals surface area contributed by atoms with E-state index < -0.39 is 0 Å². The molecule has 0 bridgehead atoms. The molecule has 1 N–H and O–H groups in total. The maximum Gasteiger partial charge on any atom is 0.0622 e. The number of hydrogen-bond acceptors (Lipinski definition) is 3. The van der Waals surface area contributed by atoms with Gasteiger partial charge in [-0.3, -0.25) is 4.90 Å². The first kappa shape index (κ1) is 12.3. The normalized spacial score (nSPS) is 30.8. The largest absolute Gasteiger partial charge is 0.380 e. The zero-order chi connectivity index (χ0) is 11.4. The summed E-state index contributed by atoms with van der Waals surface area (Å²) in [6, 6.07) is 1.40. The van der Waals surface area contributed by atoms with Gasteiger partial charge in [-0.1, -0.05) is 6.92 Å². The molecule has 2 rings (SSSR count). The topological polar surface area (TPSA) is 24.5 Å². The third kappa shape index (κ3) is 2.96. The van der Waals surface area contributed by atoms with Crippen LogP contribution in [0.5, 0.6) is 0 Å². The summed E-state index contributed by atoms with van der Waals surface area (Å²) in [4.78, 5) is 2.64. The molecule has 0 aliphatic carbocycles. The standard InChI is InChI=1S/C13H26N2O/c1-3-14-11(2)12-4-7-15(8-5-12)13-6-9-16-10-13/h11-14H,3-10H2,1-2H3. The first-order chi connectivity index (χ1) is 7.81. The molecule has 0 saturated carbocycles. The summed E-state index contributed by atoms with van der Waals surface area (Å²) in [7, 11) is 0. The molecular formula is C13H26N2O. The highest BCUT2D eigenvalue weighted by Gasteiger charge is 2.29. The van der Waals surface area contributed by atoms with Crippen molar-refractivity contribution < 1.29 is 4.74 Å². The van der Waals surface area contributed by atoms with Crippen LogP contribution in [0.15, 0.2) is 0 Å². The Labute approximate surface area is 99.5 Å². The lowest BCUT2D eigenvalue weighted by molar-refractivity contribution is 0.101. The molecule has 0 radical (unpaired) electrons. The molecule has 2 saturated heterocycles. The Kier molecular flexibility index (Phi) is 4.62. The fourth-order valence-electron chi connectivity index (χ4n) is 3.08. The van der Waals surface area contributed by atoms with Gasteiger partial charge in [-0.05, 0) is 51.7 Å². The van der Waals surface area contributed by atoms with E-state index in [9.17, 15) is 0 Å². The van der Waals surface area contributed by atoms with Crippen LogP contribution >= 0.6 is 0 Å². The lowest BCUT2D eigenvalue weighted by Gasteiger charge is -2.37. The van der Waals surface area contributed by atoms with Crippen molar-refractivity contribution in [3.8, 4) is 0 Å². The van der Waals surface area contributed by atoms with E-state index >= 15 is 0 Å². The minimum atomic E-state index is 0.687. The maximum absolute atomic E-state index is 5.47.